The Kier molecular flexibility index (Phi) is 4.02. The van der Waals surface area contributed by atoms with Crippen molar-refractivity contribution < 1.29 is 9.53 Å². The Morgan fingerprint density at radius 1 is 1.19 bits per heavy atom. The van der Waals surface area contributed by atoms with E-state index in [1.807, 2.05) is 43.3 Å². The van der Waals surface area contributed by atoms with E-state index in [1.165, 1.54) is 11.1 Å². The zero-order chi connectivity index (χ0) is 14.7. The molecule has 3 rings (SSSR count). The fourth-order valence-electron chi connectivity index (χ4n) is 2.64. The Balaban J connectivity index is 1.58. The first-order chi connectivity index (χ1) is 10.2. The largest absolute Gasteiger partial charge is 0.371 e. The first-order valence-electron chi connectivity index (χ1n) is 7.25. The average Bonchev–Trinajstić information content (AvgIpc) is 2.52. The molecule has 21 heavy (non-hydrogen) atoms. The normalized spacial score (nSPS) is 17.1. The molecule has 1 heterocycles. The van der Waals surface area contributed by atoms with Gasteiger partial charge in [-0.3, -0.25) is 4.79 Å². The van der Waals surface area contributed by atoms with Crippen LogP contribution in [0.25, 0.3) is 0 Å². The molecule has 108 valence electrons. The molecule has 0 radical (unpaired) electrons. The minimum atomic E-state index is -0.0406. The molecule has 3 nitrogen and oxygen atoms in total. The van der Waals surface area contributed by atoms with Gasteiger partial charge in [-0.25, -0.2) is 0 Å². The van der Waals surface area contributed by atoms with E-state index in [0.29, 0.717) is 18.7 Å². The van der Waals surface area contributed by atoms with Crippen molar-refractivity contribution in [2.45, 2.75) is 26.1 Å². The topological polar surface area (TPSA) is 38.3 Å². The van der Waals surface area contributed by atoms with E-state index >= 15 is 0 Å². The molecule has 1 unspecified atom stereocenters. The second kappa shape index (κ2) is 6.10. The van der Waals surface area contributed by atoms with E-state index in [-0.39, 0.29) is 12.0 Å². The zero-order valence-electron chi connectivity index (χ0n) is 12.1. The molecule has 1 aliphatic heterocycles. The van der Waals surface area contributed by atoms with Crippen LogP contribution in [0.4, 0.5) is 0 Å². The quantitative estimate of drug-likeness (QED) is 0.939. The molecule has 1 amide bonds. The van der Waals surface area contributed by atoms with Gasteiger partial charge in [0, 0.05) is 18.5 Å². The standard InChI is InChI=1S/C18H19NO2/c1-13-5-4-8-15(9-13)18(20)19-11-17-10-14-6-2-3-7-16(14)12-21-17/h2-9,17H,10-12H2,1H3,(H,19,20). The summed E-state index contributed by atoms with van der Waals surface area (Å²) in [5.74, 6) is -0.0406. The van der Waals surface area contributed by atoms with E-state index in [9.17, 15) is 4.79 Å². The third-order valence-corrected chi connectivity index (χ3v) is 3.81. The Morgan fingerprint density at radius 3 is 2.81 bits per heavy atom. The lowest BCUT2D eigenvalue weighted by Gasteiger charge is -2.25. The molecule has 0 spiro atoms. The second-order valence-corrected chi connectivity index (χ2v) is 5.49. The van der Waals surface area contributed by atoms with Gasteiger partial charge in [-0.15, -0.1) is 0 Å². The molecule has 3 heteroatoms. The molecular formula is C18H19NO2. The van der Waals surface area contributed by atoms with E-state index in [2.05, 4.69) is 17.4 Å². The van der Waals surface area contributed by atoms with Crippen molar-refractivity contribution in [1.82, 2.24) is 5.32 Å². The molecule has 0 fully saturated rings. The van der Waals surface area contributed by atoms with Crippen LogP contribution in [0, 0.1) is 6.92 Å². The summed E-state index contributed by atoms with van der Waals surface area (Å²) in [4.78, 5) is 12.1. The number of benzene rings is 2. The highest BCUT2D eigenvalue weighted by molar-refractivity contribution is 5.94. The van der Waals surface area contributed by atoms with Crippen molar-refractivity contribution in [3.05, 3.63) is 70.8 Å². The van der Waals surface area contributed by atoms with Crippen LogP contribution < -0.4 is 5.32 Å². The zero-order valence-corrected chi connectivity index (χ0v) is 12.1. The Hall–Kier alpha value is -2.13. The summed E-state index contributed by atoms with van der Waals surface area (Å²) in [7, 11) is 0. The fourth-order valence-corrected chi connectivity index (χ4v) is 2.64. The smallest absolute Gasteiger partial charge is 0.251 e. The maximum Gasteiger partial charge on any atom is 0.251 e. The summed E-state index contributed by atoms with van der Waals surface area (Å²) in [6, 6.07) is 15.9. The number of nitrogens with one attached hydrogen (secondary N) is 1. The lowest BCUT2D eigenvalue weighted by Crippen LogP contribution is -2.36. The molecule has 2 aromatic rings. The monoisotopic (exact) mass is 281 g/mol. The Bertz CT molecular complexity index is 651. The minimum Gasteiger partial charge on any atom is -0.371 e. The third kappa shape index (κ3) is 3.31. The summed E-state index contributed by atoms with van der Waals surface area (Å²) < 4.78 is 5.80. The van der Waals surface area contributed by atoms with Crippen molar-refractivity contribution in [3.8, 4) is 0 Å². The first kappa shape index (κ1) is 13.8. The van der Waals surface area contributed by atoms with Gasteiger partial charge in [0.25, 0.3) is 5.91 Å². The number of ether oxygens (including phenoxy) is 1. The van der Waals surface area contributed by atoms with Crippen molar-refractivity contribution in [2.24, 2.45) is 0 Å². The lowest BCUT2D eigenvalue weighted by atomic mass is 9.99. The molecule has 2 aromatic carbocycles. The van der Waals surface area contributed by atoms with Gasteiger partial charge in [0.15, 0.2) is 0 Å². The predicted octanol–water partition coefficient (Wildman–Crippen LogP) is 2.87. The van der Waals surface area contributed by atoms with Gasteiger partial charge in [-0.1, -0.05) is 42.0 Å². The summed E-state index contributed by atoms with van der Waals surface area (Å²) in [5.41, 5.74) is 4.36. The Labute approximate surface area is 124 Å². The second-order valence-electron chi connectivity index (χ2n) is 5.49. The molecule has 1 aliphatic rings. The van der Waals surface area contributed by atoms with Gasteiger partial charge in [0.2, 0.25) is 0 Å². The number of amides is 1. The highest BCUT2D eigenvalue weighted by Crippen LogP contribution is 2.19. The maximum atomic E-state index is 12.1. The van der Waals surface area contributed by atoms with Crippen LogP contribution in [0.15, 0.2) is 48.5 Å². The third-order valence-electron chi connectivity index (χ3n) is 3.81. The molecule has 0 saturated carbocycles. The number of hydrogen-bond donors (Lipinski definition) is 1. The van der Waals surface area contributed by atoms with Gasteiger partial charge < -0.3 is 10.1 Å². The van der Waals surface area contributed by atoms with Crippen LogP contribution in [-0.2, 0) is 17.8 Å². The number of aryl methyl sites for hydroxylation is 1. The van der Waals surface area contributed by atoms with Gasteiger partial charge in [0.05, 0.1) is 12.7 Å². The Morgan fingerprint density at radius 2 is 2.00 bits per heavy atom. The summed E-state index contributed by atoms with van der Waals surface area (Å²) >= 11 is 0. The first-order valence-corrected chi connectivity index (χ1v) is 7.25. The maximum absolute atomic E-state index is 12.1. The van der Waals surface area contributed by atoms with E-state index in [0.717, 1.165) is 12.0 Å². The van der Waals surface area contributed by atoms with Crippen LogP contribution in [0.2, 0.25) is 0 Å². The SMILES string of the molecule is Cc1cccc(C(=O)NCC2Cc3ccccc3CO2)c1. The van der Waals surface area contributed by atoms with Gasteiger partial charge in [-0.05, 0) is 30.2 Å². The molecule has 1 N–H and O–H groups in total. The molecule has 0 bridgehead atoms. The molecule has 0 saturated heterocycles. The highest BCUT2D eigenvalue weighted by atomic mass is 16.5. The number of hydrogen-bond acceptors (Lipinski definition) is 2. The minimum absolute atomic E-state index is 0.0406. The van der Waals surface area contributed by atoms with Crippen molar-refractivity contribution in [1.29, 1.82) is 0 Å². The van der Waals surface area contributed by atoms with E-state index in [4.69, 9.17) is 4.74 Å². The van der Waals surface area contributed by atoms with E-state index in [1.54, 1.807) is 0 Å². The predicted molar refractivity (Wildman–Crippen MR) is 82.2 cm³/mol. The van der Waals surface area contributed by atoms with Crippen LogP contribution in [0.1, 0.15) is 27.0 Å². The molecule has 0 aromatic heterocycles. The van der Waals surface area contributed by atoms with E-state index < -0.39 is 0 Å². The molecule has 0 aliphatic carbocycles. The number of carbonyl (C=O) groups excluding carboxylic acids is 1. The highest BCUT2D eigenvalue weighted by Gasteiger charge is 2.19. The van der Waals surface area contributed by atoms with Crippen molar-refractivity contribution in [2.75, 3.05) is 6.54 Å². The summed E-state index contributed by atoms with van der Waals surface area (Å²) in [6.45, 7) is 3.15. The van der Waals surface area contributed by atoms with Gasteiger partial charge in [0.1, 0.15) is 0 Å². The molecular weight excluding hydrogens is 262 g/mol. The van der Waals surface area contributed by atoms with Crippen molar-refractivity contribution in [3.63, 3.8) is 0 Å². The van der Waals surface area contributed by atoms with Crippen molar-refractivity contribution >= 4 is 5.91 Å². The molecule has 1 atom stereocenters. The van der Waals surface area contributed by atoms with Crippen LogP contribution in [0.5, 0.6) is 0 Å². The summed E-state index contributed by atoms with van der Waals surface area (Å²) in [6.07, 6.45) is 0.901. The number of carbonyl (C=O) groups is 1. The summed E-state index contributed by atoms with van der Waals surface area (Å²) in [5, 5.41) is 2.96. The van der Waals surface area contributed by atoms with Crippen LogP contribution in [-0.4, -0.2) is 18.6 Å². The number of rotatable bonds is 3. The average molecular weight is 281 g/mol. The van der Waals surface area contributed by atoms with Crippen LogP contribution in [0.3, 0.4) is 0 Å². The van der Waals surface area contributed by atoms with Gasteiger partial charge >= 0.3 is 0 Å². The lowest BCUT2D eigenvalue weighted by molar-refractivity contribution is 0.0285. The van der Waals surface area contributed by atoms with Crippen LogP contribution >= 0.6 is 0 Å². The van der Waals surface area contributed by atoms with Gasteiger partial charge in [-0.2, -0.15) is 0 Å². The number of fused-ring (bicyclic) bond motifs is 1. The fraction of sp³-hybridized carbons (Fsp3) is 0.278.